The Morgan fingerprint density at radius 3 is 2.29 bits per heavy atom. The van der Waals surface area contributed by atoms with Gasteiger partial charge in [0.2, 0.25) is 0 Å². The van der Waals surface area contributed by atoms with E-state index >= 15 is 0 Å². The highest BCUT2D eigenvalue weighted by atomic mass is 16.5. The Kier molecular flexibility index (Phi) is 6.02. The molecular weight excluding hydrogens is 432 g/mol. The summed E-state index contributed by atoms with van der Waals surface area (Å²) in [5.74, 6) is -1.38. The molecule has 34 heavy (non-hydrogen) atoms. The van der Waals surface area contributed by atoms with Gasteiger partial charge >= 0.3 is 0 Å². The van der Waals surface area contributed by atoms with Crippen molar-refractivity contribution in [2.45, 2.75) is 44.8 Å². The van der Waals surface area contributed by atoms with E-state index in [1.807, 2.05) is 12.1 Å². The summed E-state index contributed by atoms with van der Waals surface area (Å²) in [5, 5.41) is 24.5. The number of carbonyl (C=O) groups excluding carboxylic acids is 2. The maximum atomic E-state index is 13.3. The number of ketones is 1. The molecule has 0 radical (unpaired) electrons. The minimum Gasteiger partial charge on any atom is -0.507 e. The second-order valence-electron chi connectivity index (χ2n) is 8.90. The molecule has 0 spiro atoms. The van der Waals surface area contributed by atoms with Gasteiger partial charge in [-0.1, -0.05) is 60.8 Å². The predicted octanol–water partition coefficient (Wildman–Crippen LogP) is 4.67. The predicted molar refractivity (Wildman–Crippen MR) is 127 cm³/mol. The molecule has 1 atom stereocenters. The van der Waals surface area contributed by atoms with Crippen LogP contribution in [0.4, 0.5) is 5.69 Å². The lowest BCUT2D eigenvalue weighted by Crippen LogP contribution is -2.40. The molecule has 1 saturated carbocycles. The number of hydrogen-bond donors (Lipinski definition) is 2. The first-order valence-corrected chi connectivity index (χ1v) is 11.6. The number of nitrogens with zero attached hydrogens (tertiary/aromatic N) is 2. The largest absolute Gasteiger partial charge is 0.507 e. The van der Waals surface area contributed by atoms with Gasteiger partial charge in [0.05, 0.1) is 18.2 Å². The van der Waals surface area contributed by atoms with Crippen LogP contribution in [0.3, 0.4) is 0 Å². The molecule has 7 nitrogen and oxygen atoms in total. The van der Waals surface area contributed by atoms with Gasteiger partial charge in [0, 0.05) is 22.9 Å². The van der Waals surface area contributed by atoms with Crippen molar-refractivity contribution in [3.05, 3.63) is 77.6 Å². The minimum atomic E-state index is -0.667. The van der Waals surface area contributed by atoms with Crippen molar-refractivity contribution in [3.8, 4) is 11.3 Å². The Balaban J connectivity index is 1.58. The first kappa shape index (κ1) is 22.1. The van der Waals surface area contributed by atoms with Gasteiger partial charge in [-0.3, -0.25) is 14.5 Å². The molecule has 3 aromatic rings. The van der Waals surface area contributed by atoms with Crippen molar-refractivity contribution in [2.75, 3.05) is 4.90 Å². The Morgan fingerprint density at radius 1 is 0.971 bits per heavy atom. The highest BCUT2D eigenvalue weighted by Crippen LogP contribution is 2.41. The van der Waals surface area contributed by atoms with Crippen LogP contribution < -0.4 is 4.90 Å². The maximum Gasteiger partial charge on any atom is 0.299 e. The molecule has 2 fully saturated rings. The zero-order valence-electron chi connectivity index (χ0n) is 18.7. The van der Waals surface area contributed by atoms with Crippen molar-refractivity contribution in [3.63, 3.8) is 0 Å². The standard InChI is InChI=1S/C27H26N2O5/c30-16-17-6-8-20(9-7-17)25(31)23-24(19-4-2-1-3-5-19)29(27(33)26(23)32)21-12-10-18(11-13-21)22-14-15-34-28-22/h6-15,19,24,30-31H,1-5,16H2. The molecule has 174 valence electrons. The van der Waals surface area contributed by atoms with E-state index in [1.165, 1.54) is 6.26 Å². The van der Waals surface area contributed by atoms with Gasteiger partial charge in [0.15, 0.2) is 0 Å². The van der Waals surface area contributed by atoms with Crippen LogP contribution in [-0.2, 0) is 16.2 Å². The van der Waals surface area contributed by atoms with Gasteiger partial charge in [-0.15, -0.1) is 0 Å². The van der Waals surface area contributed by atoms with E-state index in [0.29, 0.717) is 22.5 Å². The second-order valence-corrected chi connectivity index (χ2v) is 8.90. The Labute approximate surface area is 197 Å². The average Bonchev–Trinajstić information content (AvgIpc) is 3.52. The van der Waals surface area contributed by atoms with E-state index < -0.39 is 17.7 Å². The third-order valence-electron chi connectivity index (χ3n) is 6.87. The number of hydrogen-bond acceptors (Lipinski definition) is 6. The molecule has 2 N–H and O–H groups in total. The summed E-state index contributed by atoms with van der Waals surface area (Å²) in [4.78, 5) is 28.1. The first-order chi connectivity index (χ1) is 16.6. The number of aromatic nitrogens is 1. The molecule has 7 heteroatoms. The number of rotatable bonds is 5. The van der Waals surface area contributed by atoms with E-state index in [4.69, 9.17) is 4.52 Å². The summed E-state index contributed by atoms with van der Waals surface area (Å²) in [6.07, 6.45) is 6.46. The summed E-state index contributed by atoms with van der Waals surface area (Å²) < 4.78 is 4.92. The topological polar surface area (TPSA) is 104 Å². The van der Waals surface area contributed by atoms with Gasteiger partial charge in [0.1, 0.15) is 17.7 Å². The number of carbonyl (C=O) groups is 2. The summed E-state index contributed by atoms with van der Waals surface area (Å²) in [7, 11) is 0. The lowest BCUT2D eigenvalue weighted by atomic mass is 9.80. The summed E-state index contributed by atoms with van der Waals surface area (Å²) >= 11 is 0. The van der Waals surface area contributed by atoms with Gasteiger partial charge in [0.25, 0.3) is 11.7 Å². The molecule has 1 aliphatic carbocycles. The number of Topliss-reactive ketones (excluding diaryl/α,β-unsaturated/α-hetero) is 1. The van der Waals surface area contributed by atoms with Crippen LogP contribution >= 0.6 is 0 Å². The molecular formula is C27H26N2O5. The fourth-order valence-electron chi connectivity index (χ4n) is 5.11. The SMILES string of the molecule is O=C1C(=O)N(c2ccc(-c3ccon3)cc2)C(C2CCCCC2)C1=C(O)c1ccc(CO)cc1. The average molecular weight is 459 g/mol. The molecule has 1 amide bonds. The number of aliphatic hydroxyl groups is 2. The molecule has 1 aliphatic heterocycles. The van der Waals surface area contributed by atoms with E-state index in [2.05, 4.69) is 5.16 Å². The number of anilines is 1. The molecule has 2 aromatic carbocycles. The van der Waals surface area contributed by atoms with Crippen molar-refractivity contribution < 1.29 is 24.3 Å². The number of amides is 1. The highest BCUT2D eigenvalue weighted by molar-refractivity contribution is 6.51. The van der Waals surface area contributed by atoms with Crippen molar-refractivity contribution >= 4 is 23.1 Å². The summed E-state index contributed by atoms with van der Waals surface area (Å²) in [6, 6.07) is 15.3. The monoisotopic (exact) mass is 458 g/mol. The molecule has 1 saturated heterocycles. The highest BCUT2D eigenvalue weighted by Gasteiger charge is 2.49. The zero-order chi connectivity index (χ0) is 23.7. The Bertz CT molecular complexity index is 1210. The van der Waals surface area contributed by atoms with Crippen LogP contribution in [0.2, 0.25) is 0 Å². The van der Waals surface area contributed by atoms with Crippen LogP contribution in [0.1, 0.15) is 43.2 Å². The fraction of sp³-hybridized carbons (Fsp3) is 0.296. The third kappa shape index (κ3) is 3.92. The van der Waals surface area contributed by atoms with E-state index in [0.717, 1.165) is 37.7 Å². The van der Waals surface area contributed by atoms with Crippen LogP contribution in [0.5, 0.6) is 0 Å². The summed E-state index contributed by atoms with van der Waals surface area (Å²) in [6.45, 7) is -0.113. The third-order valence-corrected chi connectivity index (χ3v) is 6.87. The quantitative estimate of drug-likeness (QED) is 0.327. The van der Waals surface area contributed by atoms with Crippen LogP contribution in [0.15, 0.2) is 71.0 Å². The Morgan fingerprint density at radius 2 is 1.68 bits per heavy atom. The van der Waals surface area contributed by atoms with Crippen LogP contribution in [0, 0.1) is 5.92 Å². The first-order valence-electron chi connectivity index (χ1n) is 11.6. The van der Waals surface area contributed by atoms with Crippen molar-refractivity contribution in [1.29, 1.82) is 0 Å². The van der Waals surface area contributed by atoms with Crippen LogP contribution in [-0.4, -0.2) is 33.1 Å². The lowest BCUT2D eigenvalue weighted by molar-refractivity contribution is -0.132. The van der Waals surface area contributed by atoms with E-state index in [1.54, 1.807) is 47.4 Å². The molecule has 2 aliphatic rings. The number of aliphatic hydroxyl groups excluding tert-OH is 2. The smallest absolute Gasteiger partial charge is 0.299 e. The van der Waals surface area contributed by atoms with E-state index in [-0.39, 0.29) is 23.9 Å². The van der Waals surface area contributed by atoms with Gasteiger partial charge in [-0.2, -0.15) is 0 Å². The summed E-state index contributed by atoms with van der Waals surface area (Å²) in [5.41, 5.74) is 3.45. The molecule has 1 aromatic heterocycles. The molecule has 1 unspecified atom stereocenters. The number of benzene rings is 2. The van der Waals surface area contributed by atoms with Crippen molar-refractivity contribution in [1.82, 2.24) is 5.16 Å². The van der Waals surface area contributed by atoms with Gasteiger partial charge in [-0.25, -0.2) is 0 Å². The Hall–Kier alpha value is -3.71. The molecule has 0 bridgehead atoms. The van der Waals surface area contributed by atoms with Gasteiger partial charge < -0.3 is 14.7 Å². The normalized spacial score (nSPS) is 20.7. The fourth-order valence-corrected chi connectivity index (χ4v) is 5.11. The van der Waals surface area contributed by atoms with Gasteiger partial charge in [-0.05, 0) is 36.5 Å². The van der Waals surface area contributed by atoms with Crippen molar-refractivity contribution in [2.24, 2.45) is 5.92 Å². The minimum absolute atomic E-state index is 0.0771. The molecule has 2 heterocycles. The van der Waals surface area contributed by atoms with E-state index in [9.17, 15) is 19.8 Å². The second kappa shape index (κ2) is 9.27. The zero-order valence-corrected chi connectivity index (χ0v) is 18.7. The lowest BCUT2D eigenvalue weighted by Gasteiger charge is -2.34. The van der Waals surface area contributed by atoms with Crippen LogP contribution in [0.25, 0.3) is 17.0 Å². The maximum absolute atomic E-state index is 13.3. The molecule has 5 rings (SSSR count).